The fourth-order valence-corrected chi connectivity index (χ4v) is 3.48. The average molecular weight is 315 g/mol. The molecule has 1 heterocycles. The Hall–Kier alpha value is -2.45. The molecule has 3 aromatic rings. The minimum Gasteiger partial charge on any atom is -0.300 e. The van der Waals surface area contributed by atoms with Gasteiger partial charge in [0.1, 0.15) is 4.99 Å². The summed E-state index contributed by atoms with van der Waals surface area (Å²) in [6.45, 7) is 0. The predicted molar refractivity (Wildman–Crippen MR) is 101 cm³/mol. The van der Waals surface area contributed by atoms with Crippen molar-refractivity contribution in [2.75, 3.05) is 0 Å². The van der Waals surface area contributed by atoms with Crippen molar-refractivity contribution in [3.05, 3.63) is 89.6 Å². The molecule has 0 bridgehead atoms. The van der Waals surface area contributed by atoms with Crippen LogP contribution in [0.3, 0.4) is 0 Å². The van der Waals surface area contributed by atoms with E-state index < -0.39 is 0 Å². The van der Waals surface area contributed by atoms with Crippen molar-refractivity contribution in [1.82, 2.24) is 4.57 Å². The first-order valence-electron chi connectivity index (χ1n) is 7.91. The van der Waals surface area contributed by atoms with E-state index in [0.717, 1.165) is 23.4 Å². The molecule has 0 amide bonds. The molecule has 0 atom stereocenters. The Bertz CT molecular complexity index is 873. The van der Waals surface area contributed by atoms with Crippen LogP contribution in [-0.2, 0) is 6.42 Å². The Morgan fingerprint density at radius 1 is 0.913 bits per heavy atom. The van der Waals surface area contributed by atoms with Crippen LogP contribution in [0.15, 0.2) is 72.8 Å². The molecule has 112 valence electrons. The SMILES string of the molecule is S=C(c1ccccc1)n1c(-c2ccccc2)cc2c1C=CCC2. The van der Waals surface area contributed by atoms with Crippen molar-refractivity contribution in [1.29, 1.82) is 0 Å². The average Bonchev–Trinajstić information content (AvgIpc) is 3.02. The molecule has 4 rings (SSSR count). The predicted octanol–water partition coefficient (Wildman–Crippen LogP) is 5.34. The van der Waals surface area contributed by atoms with Crippen LogP contribution in [0.25, 0.3) is 17.3 Å². The van der Waals surface area contributed by atoms with Crippen molar-refractivity contribution < 1.29 is 0 Å². The highest BCUT2D eigenvalue weighted by Gasteiger charge is 2.19. The van der Waals surface area contributed by atoms with E-state index in [1.54, 1.807) is 0 Å². The second-order valence-electron chi connectivity index (χ2n) is 5.75. The molecule has 1 aliphatic carbocycles. The summed E-state index contributed by atoms with van der Waals surface area (Å²) in [6.07, 6.45) is 6.63. The lowest BCUT2D eigenvalue weighted by atomic mass is 10.0. The van der Waals surface area contributed by atoms with Gasteiger partial charge < -0.3 is 0 Å². The first kappa shape index (κ1) is 14.2. The van der Waals surface area contributed by atoms with E-state index in [-0.39, 0.29) is 0 Å². The van der Waals surface area contributed by atoms with E-state index in [9.17, 15) is 0 Å². The van der Waals surface area contributed by atoms with E-state index in [2.05, 4.69) is 59.2 Å². The molecule has 0 saturated carbocycles. The zero-order valence-corrected chi connectivity index (χ0v) is 13.6. The Kier molecular flexibility index (Phi) is 3.68. The number of hydrogen-bond acceptors (Lipinski definition) is 1. The molecule has 2 aromatic carbocycles. The Balaban J connectivity index is 1.93. The minimum absolute atomic E-state index is 0.859. The number of hydrogen-bond donors (Lipinski definition) is 0. The van der Waals surface area contributed by atoms with E-state index >= 15 is 0 Å². The number of fused-ring (bicyclic) bond motifs is 1. The van der Waals surface area contributed by atoms with Gasteiger partial charge in [-0.15, -0.1) is 0 Å². The summed E-state index contributed by atoms with van der Waals surface area (Å²) in [6, 6.07) is 23.0. The fraction of sp³-hybridized carbons (Fsp3) is 0.0952. The van der Waals surface area contributed by atoms with Gasteiger partial charge in [0.2, 0.25) is 0 Å². The van der Waals surface area contributed by atoms with Crippen LogP contribution in [-0.4, -0.2) is 9.56 Å². The molecular weight excluding hydrogens is 298 g/mol. The maximum absolute atomic E-state index is 5.84. The van der Waals surface area contributed by atoms with Gasteiger partial charge in [-0.2, -0.15) is 0 Å². The largest absolute Gasteiger partial charge is 0.300 e. The van der Waals surface area contributed by atoms with Crippen LogP contribution in [0.4, 0.5) is 0 Å². The summed E-state index contributed by atoms with van der Waals surface area (Å²) in [7, 11) is 0. The summed E-state index contributed by atoms with van der Waals surface area (Å²) < 4.78 is 2.23. The summed E-state index contributed by atoms with van der Waals surface area (Å²) in [5.74, 6) is 0. The second kappa shape index (κ2) is 5.98. The summed E-state index contributed by atoms with van der Waals surface area (Å²) in [5, 5.41) is 0. The normalized spacial score (nSPS) is 12.9. The first-order chi connectivity index (χ1) is 11.3. The fourth-order valence-electron chi connectivity index (χ4n) is 3.14. The molecule has 0 saturated heterocycles. The highest BCUT2D eigenvalue weighted by molar-refractivity contribution is 7.80. The van der Waals surface area contributed by atoms with Crippen molar-refractivity contribution in [2.45, 2.75) is 12.8 Å². The van der Waals surface area contributed by atoms with Crippen LogP contribution in [0.2, 0.25) is 0 Å². The third-order valence-electron chi connectivity index (χ3n) is 4.27. The van der Waals surface area contributed by atoms with Gasteiger partial charge in [-0.05, 0) is 36.1 Å². The van der Waals surface area contributed by atoms with E-state index in [1.807, 2.05) is 24.3 Å². The zero-order valence-electron chi connectivity index (χ0n) is 12.8. The van der Waals surface area contributed by atoms with Gasteiger partial charge in [0.05, 0.1) is 5.69 Å². The molecule has 0 spiro atoms. The standard InChI is InChI=1S/C21H17NS/c23-21(17-11-5-2-6-12-17)22-19-14-8-7-13-18(19)15-20(22)16-9-3-1-4-10-16/h1-6,8-12,14-15H,7,13H2. The highest BCUT2D eigenvalue weighted by atomic mass is 32.1. The minimum atomic E-state index is 0.859. The summed E-state index contributed by atoms with van der Waals surface area (Å²) >= 11 is 5.84. The van der Waals surface area contributed by atoms with Crippen molar-refractivity contribution in [3.63, 3.8) is 0 Å². The lowest BCUT2D eigenvalue weighted by Crippen LogP contribution is -2.14. The van der Waals surface area contributed by atoms with E-state index in [0.29, 0.717) is 0 Å². The molecule has 0 radical (unpaired) electrons. The quantitative estimate of drug-likeness (QED) is 0.578. The van der Waals surface area contributed by atoms with Gasteiger partial charge in [0.25, 0.3) is 0 Å². The zero-order chi connectivity index (χ0) is 15.6. The lowest BCUT2D eigenvalue weighted by Gasteiger charge is -2.15. The smallest absolute Gasteiger partial charge is 0.118 e. The topological polar surface area (TPSA) is 4.93 Å². The van der Waals surface area contributed by atoms with Crippen LogP contribution < -0.4 is 0 Å². The van der Waals surface area contributed by atoms with Gasteiger partial charge in [0, 0.05) is 11.3 Å². The maximum atomic E-state index is 5.84. The molecule has 0 fully saturated rings. The number of thiocarbonyl (C=S) groups is 1. The van der Waals surface area contributed by atoms with Gasteiger partial charge >= 0.3 is 0 Å². The number of aryl methyl sites for hydroxylation is 1. The number of rotatable bonds is 2. The molecule has 23 heavy (non-hydrogen) atoms. The molecule has 2 heteroatoms. The van der Waals surface area contributed by atoms with Crippen LogP contribution in [0, 0.1) is 0 Å². The number of allylic oxidation sites excluding steroid dienone is 1. The number of benzene rings is 2. The molecule has 1 nitrogen and oxygen atoms in total. The first-order valence-corrected chi connectivity index (χ1v) is 8.32. The van der Waals surface area contributed by atoms with Crippen LogP contribution in [0.5, 0.6) is 0 Å². The number of aromatic nitrogens is 1. The summed E-state index contributed by atoms with van der Waals surface area (Å²) in [5.41, 5.74) is 6.07. The van der Waals surface area contributed by atoms with Crippen LogP contribution >= 0.6 is 12.2 Å². The molecule has 1 aromatic heterocycles. The third kappa shape index (κ3) is 2.55. The van der Waals surface area contributed by atoms with Crippen molar-refractivity contribution >= 4 is 23.3 Å². The van der Waals surface area contributed by atoms with Crippen LogP contribution in [0.1, 0.15) is 23.2 Å². The summed E-state index contributed by atoms with van der Waals surface area (Å²) in [4.78, 5) is 0.859. The van der Waals surface area contributed by atoms with Crippen molar-refractivity contribution in [2.24, 2.45) is 0 Å². The molecule has 0 N–H and O–H groups in total. The van der Waals surface area contributed by atoms with Gasteiger partial charge in [0.15, 0.2) is 0 Å². The molecule has 1 aliphatic rings. The third-order valence-corrected chi connectivity index (χ3v) is 4.69. The second-order valence-corrected chi connectivity index (χ2v) is 6.14. The molecule has 0 aliphatic heterocycles. The Morgan fingerprint density at radius 2 is 1.61 bits per heavy atom. The molecular formula is C21H17NS. The van der Waals surface area contributed by atoms with Crippen molar-refractivity contribution in [3.8, 4) is 11.3 Å². The highest BCUT2D eigenvalue weighted by Crippen LogP contribution is 2.31. The Morgan fingerprint density at radius 3 is 2.35 bits per heavy atom. The Labute approximate surface area is 141 Å². The van der Waals surface area contributed by atoms with Gasteiger partial charge in [-0.3, -0.25) is 4.57 Å². The van der Waals surface area contributed by atoms with E-state index in [1.165, 1.54) is 22.5 Å². The van der Waals surface area contributed by atoms with E-state index in [4.69, 9.17) is 12.2 Å². The lowest BCUT2D eigenvalue weighted by molar-refractivity contribution is 0.974. The maximum Gasteiger partial charge on any atom is 0.118 e. The van der Waals surface area contributed by atoms with Gasteiger partial charge in [-0.25, -0.2) is 0 Å². The molecule has 0 unspecified atom stereocenters. The number of nitrogens with zero attached hydrogens (tertiary/aromatic N) is 1. The monoisotopic (exact) mass is 315 g/mol. The van der Waals surface area contributed by atoms with Gasteiger partial charge in [-0.1, -0.05) is 79.0 Å².